The van der Waals surface area contributed by atoms with Crippen LogP contribution in [0.4, 0.5) is 8.78 Å². The first kappa shape index (κ1) is 14.5. The van der Waals surface area contributed by atoms with Crippen LogP contribution in [0.15, 0.2) is 35.3 Å². The first-order valence-electron chi connectivity index (χ1n) is 6.89. The van der Waals surface area contributed by atoms with Crippen molar-refractivity contribution in [2.24, 2.45) is 4.99 Å². The highest BCUT2D eigenvalue weighted by Gasteiger charge is 2.23. The molecule has 0 aliphatic carbocycles. The van der Waals surface area contributed by atoms with Crippen molar-refractivity contribution in [2.45, 2.75) is 6.42 Å². The molecular formula is C17H15F2NO2. The third kappa shape index (κ3) is 2.32. The van der Waals surface area contributed by atoms with Crippen LogP contribution < -0.4 is 9.47 Å². The minimum Gasteiger partial charge on any atom is -0.493 e. The molecule has 3 nitrogen and oxygen atoms in total. The standard InChI is InChI=1S/C17H15F2NO2/c1-21-14-8-10-6-7-20-17(11(10)9-15(14)22-2)16-12(18)4-3-5-13(16)19/h3-5,8-9H,6-7H2,1-2H3. The first-order chi connectivity index (χ1) is 10.7. The molecule has 0 atom stereocenters. The van der Waals surface area contributed by atoms with Crippen molar-refractivity contribution in [2.75, 3.05) is 20.8 Å². The molecule has 3 rings (SSSR count). The van der Waals surface area contributed by atoms with Gasteiger partial charge in [0.1, 0.15) is 11.6 Å². The van der Waals surface area contributed by atoms with E-state index >= 15 is 0 Å². The SMILES string of the molecule is COc1cc2c(cc1OC)C(c1c(F)cccc1F)=NCC2. The van der Waals surface area contributed by atoms with Gasteiger partial charge in [-0.15, -0.1) is 0 Å². The van der Waals surface area contributed by atoms with Gasteiger partial charge < -0.3 is 9.47 Å². The summed E-state index contributed by atoms with van der Waals surface area (Å²) in [6, 6.07) is 7.36. The van der Waals surface area contributed by atoms with E-state index in [-0.39, 0.29) is 5.56 Å². The number of benzene rings is 2. The summed E-state index contributed by atoms with van der Waals surface area (Å²) < 4.78 is 38.7. The topological polar surface area (TPSA) is 30.8 Å². The number of methoxy groups -OCH3 is 2. The fourth-order valence-electron chi connectivity index (χ4n) is 2.66. The van der Waals surface area contributed by atoms with E-state index < -0.39 is 11.6 Å². The van der Waals surface area contributed by atoms with Crippen molar-refractivity contribution in [3.63, 3.8) is 0 Å². The fraction of sp³-hybridized carbons (Fsp3) is 0.235. The summed E-state index contributed by atoms with van der Waals surface area (Å²) in [5.41, 5.74) is 1.83. The van der Waals surface area contributed by atoms with Gasteiger partial charge in [0, 0.05) is 12.1 Å². The molecule has 0 unspecified atom stereocenters. The van der Waals surface area contributed by atoms with Crippen molar-refractivity contribution in [1.29, 1.82) is 0 Å². The monoisotopic (exact) mass is 303 g/mol. The largest absolute Gasteiger partial charge is 0.493 e. The minimum atomic E-state index is -0.624. The molecule has 0 fully saturated rings. The number of hydrogen-bond acceptors (Lipinski definition) is 3. The Morgan fingerprint density at radius 3 is 2.27 bits per heavy atom. The van der Waals surface area contributed by atoms with Crippen molar-refractivity contribution in [1.82, 2.24) is 0 Å². The Morgan fingerprint density at radius 2 is 1.64 bits per heavy atom. The van der Waals surface area contributed by atoms with E-state index in [1.807, 2.05) is 6.07 Å². The van der Waals surface area contributed by atoms with E-state index in [2.05, 4.69) is 4.99 Å². The normalized spacial score (nSPS) is 13.4. The second-order valence-corrected chi connectivity index (χ2v) is 4.94. The Hall–Kier alpha value is -2.43. The van der Waals surface area contributed by atoms with Crippen molar-refractivity contribution in [3.05, 3.63) is 58.7 Å². The van der Waals surface area contributed by atoms with Gasteiger partial charge in [0.2, 0.25) is 0 Å². The summed E-state index contributed by atoms with van der Waals surface area (Å²) in [6.45, 7) is 0.478. The van der Waals surface area contributed by atoms with Crippen LogP contribution in [0, 0.1) is 11.6 Å². The molecule has 0 N–H and O–H groups in total. The van der Waals surface area contributed by atoms with E-state index in [1.165, 1.54) is 25.3 Å². The van der Waals surface area contributed by atoms with Gasteiger partial charge in [-0.05, 0) is 36.2 Å². The predicted molar refractivity (Wildman–Crippen MR) is 80.1 cm³/mol. The number of nitrogens with zero attached hydrogens (tertiary/aromatic N) is 1. The summed E-state index contributed by atoms with van der Waals surface area (Å²) in [5.74, 6) is -0.146. The number of fused-ring (bicyclic) bond motifs is 1. The lowest BCUT2D eigenvalue weighted by Gasteiger charge is -2.20. The average molecular weight is 303 g/mol. The first-order valence-corrected chi connectivity index (χ1v) is 6.89. The van der Waals surface area contributed by atoms with E-state index in [1.54, 1.807) is 13.2 Å². The van der Waals surface area contributed by atoms with E-state index in [0.717, 1.165) is 5.56 Å². The molecule has 0 bridgehead atoms. The van der Waals surface area contributed by atoms with Crippen molar-refractivity contribution >= 4 is 5.71 Å². The van der Waals surface area contributed by atoms with Crippen LogP contribution in [-0.4, -0.2) is 26.5 Å². The zero-order chi connectivity index (χ0) is 15.7. The van der Waals surface area contributed by atoms with Crippen LogP contribution in [0.1, 0.15) is 16.7 Å². The quantitative estimate of drug-likeness (QED) is 0.870. The van der Waals surface area contributed by atoms with Gasteiger partial charge in [-0.25, -0.2) is 8.78 Å². The van der Waals surface area contributed by atoms with Crippen LogP contribution >= 0.6 is 0 Å². The predicted octanol–water partition coefficient (Wildman–Crippen LogP) is 3.38. The Kier molecular flexibility index (Phi) is 3.79. The summed E-state index contributed by atoms with van der Waals surface area (Å²) in [5, 5.41) is 0. The highest BCUT2D eigenvalue weighted by molar-refractivity contribution is 6.14. The van der Waals surface area contributed by atoms with Gasteiger partial charge in [-0.3, -0.25) is 4.99 Å². The molecule has 0 saturated carbocycles. The van der Waals surface area contributed by atoms with Crippen LogP contribution in [0.2, 0.25) is 0 Å². The highest BCUT2D eigenvalue weighted by Crippen LogP contribution is 2.34. The third-order valence-electron chi connectivity index (χ3n) is 3.72. The van der Waals surface area contributed by atoms with Crippen LogP contribution in [0.5, 0.6) is 11.5 Å². The Labute approximate surface area is 127 Å². The molecule has 0 aromatic heterocycles. The zero-order valence-corrected chi connectivity index (χ0v) is 12.3. The third-order valence-corrected chi connectivity index (χ3v) is 3.72. The molecule has 5 heteroatoms. The lowest BCUT2D eigenvalue weighted by molar-refractivity contribution is 0.354. The molecule has 2 aromatic rings. The molecular weight excluding hydrogens is 288 g/mol. The molecule has 0 spiro atoms. The minimum absolute atomic E-state index is 0.101. The zero-order valence-electron chi connectivity index (χ0n) is 12.3. The number of halogens is 2. The second kappa shape index (κ2) is 5.75. The van der Waals surface area contributed by atoms with E-state index in [4.69, 9.17) is 9.47 Å². The molecule has 0 radical (unpaired) electrons. The maximum Gasteiger partial charge on any atom is 0.161 e. The van der Waals surface area contributed by atoms with Crippen LogP contribution in [0.3, 0.4) is 0 Å². The number of ether oxygens (including phenoxy) is 2. The molecule has 0 amide bonds. The van der Waals surface area contributed by atoms with Gasteiger partial charge >= 0.3 is 0 Å². The second-order valence-electron chi connectivity index (χ2n) is 4.94. The van der Waals surface area contributed by atoms with Gasteiger partial charge in [0.15, 0.2) is 11.5 Å². The maximum absolute atomic E-state index is 14.1. The lowest BCUT2D eigenvalue weighted by Crippen LogP contribution is -2.17. The number of rotatable bonds is 3. The average Bonchev–Trinajstić information content (AvgIpc) is 2.53. The summed E-state index contributed by atoms with van der Waals surface area (Å²) in [6.07, 6.45) is 0.690. The Morgan fingerprint density at radius 1 is 1.00 bits per heavy atom. The van der Waals surface area contributed by atoms with Gasteiger partial charge in [0.25, 0.3) is 0 Å². The van der Waals surface area contributed by atoms with Gasteiger partial charge in [-0.1, -0.05) is 6.07 Å². The smallest absolute Gasteiger partial charge is 0.161 e. The van der Waals surface area contributed by atoms with E-state index in [9.17, 15) is 8.78 Å². The van der Waals surface area contributed by atoms with Gasteiger partial charge in [0.05, 0.1) is 25.5 Å². The van der Waals surface area contributed by atoms with Crippen LogP contribution in [-0.2, 0) is 6.42 Å². The molecule has 1 aliphatic heterocycles. The van der Waals surface area contributed by atoms with Crippen LogP contribution in [0.25, 0.3) is 0 Å². The van der Waals surface area contributed by atoms with Crippen molar-refractivity contribution in [3.8, 4) is 11.5 Å². The molecule has 1 aliphatic rings. The molecule has 114 valence electrons. The highest BCUT2D eigenvalue weighted by atomic mass is 19.1. The number of hydrogen-bond donors (Lipinski definition) is 0. The molecule has 0 saturated heterocycles. The summed E-state index contributed by atoms with van der Waals surface area (Å²) in [7, 11) is 3.08. The summed E-state index contributed by atoms with van der Waals surface area (Å²) in [4.78, 5) is 4.33. The summed E-state index contributed by atoms with van der Waals surface area (Å²) >= 11 is 0. The molecule has 22 heavy (non-hydrogen) atoms. The maximum atomic E-state index is 14.1. The lowest BCUT2D eigenvalue weighted by atomic mass is 9.92. The van der Waals surface area contributed by atoms with Gasteiger partial charge in [-0.2, -0.15) is 0 Å². The number of aliphatic imine (C=N–C) groups is 1. The molecule has 2 aromatic carbocycles. The Balaban J connectivity index is 2.20. The fourth-order valence-corrected chi connectivity index (χ4v) is 2.66. The Bertz CT molecular complexity index is 736. The molecule has 1 heterocycles. The van der Waals surface area contributed by atoms with E-state index in [0.29, 0.717) is 35.7 Å². The van der Waals surface area contributed by atoms with Crippen molar-refractivity contribution < 1.29 is 18.3 Å².